The molecule has 1 N–H and O–H groups in total. The highest BCUT2D eigenvalue weighted by Gasteiger charge is 2.29. The molecule has 22 heavy (non-hydrogen) atoms. The van der Waals surface area contributed by atoms with Crippen molar-refractivity contribution in [2.45, 2.75) is 37.5 Å². The summed E-state index contributed by atoms with van der Waals surface area (Å²) < 4.78 is 32.3. The van der Waals surface area contributed by atoms with E-state index in [0.717, 1.165) is 25.7 Å². The molecule has 0 radical (unpaired) electrons. The molecule has 1 fully saturated rings. The summed E-state index contributed by atoms with van der Waals surface area (Å²) in [6, 6.07) is 6.60. The first-order valence-electron chi connectivity index (χ1n) is 7.91. The van der Waals surface area contributed by atoms with Gasteiger partial charge in [0.25, 0.3) is 0 Å². The van der Waals surface area contributed by atoms with Gasteiger partial charge in [-0.15, -0.1) is 0 Å². The van der Waals surface area contributed by atoms with Crippen LogP contribution in [0, 0.1) is 5.92 Å². The monoisotopic (exact) mass is 327 g/mol. The fourth-order valence-electron chi connectivity index (χ4n) is 2.59. The van der Waals surface area contributed by atoms with Crippen LogP contribution < -0.4 is 4.74 Å². The standard InChI is InChI=1S/C16H25NO4S/c1-2-3-11-21-15-6-8-16(9-7-15)22(19,20)17-10-4-5-14(12-17)13-18/h6-9,14,18H,2-5,10-13H2,1H3. The van der Waals surface area contributed by atoms with Gasteiger partial charge < -0.3 is 9.84 Å². The summed E-state index contributed by atoms with van der Waals surface area (Å²) in [5, 5.41) is 9.25. The molecule has 1 aromatic carbocycles. The minimum Gasteiger partial charge on any atom is -0.494 e. The van der Waals surface area contributed by atoms with E-state index < -0.39 is 10.0 Å². The highest BCUT2D eigenvalue weighted by atomic mass is 32.2. The van der Waals surface area contributed by atoms with Crippen molar-refractivity contribution in [2.75, 3.05) is 26.3 Å². The Balaban J connectivity index is 2.05. The zero-order valence-corrected chi connectivity index (χ0v) is 13.9. The van der Waals surface area contributed by atoms with Crippen LogP contribution in [0.3, 0.4) is 0 Å². The summed E-state index contributed by atoms with van der Waals surface area (Å²) in [5.41, 5.74) is 0. The molecule has 6 heteroatoms. The van der Waals surface area contributed by atoms with Crippen LogP contribution >= 0.6 is 0 Å². The Labute approximate surface area is 133 Å². The summed E-state index contributed by atoms with van der Waals surface area (Å²) in [6.45, 7) is 3.70. The Kier molecular flexibility index (Phi) is 6.23. The Morgan fingerprint density at radius 1 is 1.32 bits per heavy atom. The smallest absolute Gasteiger partial charge is 0.243 e. The van der Waals surface area contributed by atoms with E-state index in [1.165, 1.54) is 4.31 Å². The van der Waals surface area contributed by atoms with Gasteiger partial charge in [-0.2, -0.15) is 4.31 Å². The van der Waals surface area contributed by atoms with Crippen molar-refractivity contribution >= 4 is 10.0 Å². The summed E-state index contributed by atoms with van der Waals surface area (Å²) in [7, 11) is -3.48. The maximum Gasteiger partial charge on any atom is 0.243 e. The number of unbranched alkanes of at least 4 members (excludes halogenated alkanes) is 1. The van der Waals surface area contributed by atoms with Crippen LogP contribution in [0.25, 0.3) is 0 Å². The fraction of sp³-hybridized carbons (Fsp3) is 0.625. The molecule has 0 amide bonds. The van der Waals surface area contributed by atoms with E-state index in [2.05, 4.69) is 6.92 Å². The van der Waals surface area contributed by atoms with E-state index in [9.17, 15) is 13.5 Å². The number of nitrogens with zero attached hydrogens (tertiary/aromatic N) is 1. The zero-order chi connectivity index (χ0) is 16.0. The third kappa shape index (κ3) is 4.21. The van der Waals surface area contributed by atoms with Gasteiger partial charge in [0.1, 0.15) is 5.75 Å². The lowest BCUT2D eigenvalue weighted by Gasteiger charge is -2.30. The number of ether oxygens (including phenoxy) is 1. The summed E-state index contributed by atoms with van der Waals surface area (Å²) in [6.07, 6.45) is 3.72. The van der Waals surface area contributed by atoms with Crippen molar-refractivity contribution in [3.63, 3.8) is 0 Å². The Morgan fingerprint density at radius 2 is 2.05 bits per heavy atom. The second kappa shape index (κ2) is 7.94. The van der Waals surface area contributed by atoms with E-state index in [1.54, 1.807) is 24.3 Å². The molecule has 0 aromatic heterocycles. The maximum atomic E-state index is 12.6. The predicted octanol–water partition coefficient (Wildman–Crippen LogP) is 2.26. The van der Waals surface area contributed by atoms with E-state index in [-0.39, 0.29) is 17.4 Å². The Morgan fingerprint density at radius 3 is 2.68 bits per heavy atom. The SMILES string of the molecule is CCCCOc1ccc(S(=O)(=O)N2CCCC(CO)C2)cc1. The Bertz CT molecular complexity index is 556. The molecular formula is C16H25NO4S. The number of sulfonamides is 1. The summed E-state index contributed by atoms with van der Waals surface area (Å²) in [4.78, 5) is 0.286. The maximum absolute atomic E-state index is 12.6. The minimum atomic E-state index is -3.48. The molecule has 1 atom stereocenters. The van der Waals surface area contributed by atoms with Crippen molar-refractivity contribution in [3.8, 4) is 5.75 Å². The average Bonchev–Trinajstić information content (AvgIpc) is 2.55. The number of piperidine rings is 1. The number of aliphatic hydroxyl groups excluding tert-OH is 1. The molecular weight excluding hydrogens is 302 g/mol. The molecule has 1 saturated heterocycles. The van der Waals surface area contributed by atoms with Crippen LogP contribution in [0.15, 0.2) is 29.2 Å². The number of aliphatic hydroxyl groups is 1. The highest BCUT2D eigenvalue weighted by molar-refractivity contribution is 7.89. The number of benzene rings is 1. The molecule has 124 valence electrons. The first-order valence-corrected chi connectivity index (χ1v) is 9.35. The van der Waals surface area contributed by atoms with Crippen molar-refractivity contribution in [3.05, 3.63) is 24.3 Å². The first kappa shape index (κ1) is 17.2. The van der Waals surface area contributed by atoms with Crippen molar-refractivity contribution in [1.82, 2.24) is 4.31 Å². The molecule has 1 aliphatic rings. The van der Waals surface area contributed by atoms with Crippen molar-refractivity contribution in [2.24, 2.45) is 5.92 Å². The number of hydrogen-bond acceptors (Lipinski definition) is 4. The molecule has 0 saturated carbocycles. The lowest BCUT2D eigenvalue weighted by molar-refractivity contribution is 0.165. The number of hydrogen-bond donors (Lipinski definition) is 1. The fourth-order valence-corrected chi connectivity index (χ4v) is 4.14. The van der Waals surface area contributed by atoms with Gasteiger partial charge in [0.2, 0.25) is 10.0 Å². The van der Waals surface area contributed by atoms with Gasteiger partial charge in [0, 0.05) is 19.7 Å². The van der Waals surface area contributed by atoms with E-state index >= 15 is 0 Å². The van der Waals surface area contributed by atoms with Crippen LogP contribution in [0.4, 0.5) is 0 Å². The molecule has 1 heterocycles. The topological polar surface area (TPSA) is 66.8 Å². The molecule has 0 bridgehead atoms. The van der Waals surface area contributed by atoms with Crippen LogP contribution in [0.2, 0.25) is 0 Å². The molecule has 0 spiro atoms. The van der Waals surface area contributed by atoms with E-state index in [0.29, 0.717) is 25.4 Å². The van der Waals surface area contributed by atoms with Gasteiger partial charge in [-0.1, -0.05) is 13.3 Å². The van der Waals surface area contributed by atoms with Crippen LogP contribution in [-0.4, -0.2) is 44.1 Å². The normalized spacial score (nSPS) is 20.0. The van der Waals surface area contributed by atoms with Gasteiger partial charge in [-0.3, -0.25) is 0 Å². The molecule has 1 aliphatic heterocycles. The van der Waals surface area contributed by atoms with Crippen LogP contribution in [-0.2, 0) is 10.0 Å². The minimum absolute atomic E-state index is 0.0379. The van der Waals surface area contributed by atoms with Gasteiger partial charge in [-0.05, 0) is 49.4 Å². The van der Waals surface area contributed by atoms with E-state index in [1.807, 2.05) is 0 Å². The van der Waals surface area contributed by atoms with Gasteiger partial charge in [-0.25, -0.2) is 8.42 Å². The quantitative estimate of drug-likeness (QED) is 0.780. The van der Waals surface area contributed by atoms with Crippen molar-refractivity contribution in [1.29, 1.82) is 0 Å². The zero-order valence-electron chi connectivity index (χ0n) is 13.1. The van der Waals surface area contributed by atoms with E-state index in [4.69, 9.17) is 4.74 Å². The third-order valence-corrected chi connectivity index (χ3v) is 5.85. The van der Waals surface area contributed by atoms with Crippen LogP contribution in [0.5, 0.6) is 5.75 Å². The Hall–Kier alpha value is -1.11. The van der Waals surface area contributed by atoms with Gasteiger partial charge in [0.05, 0.1) is 11.5 Å². The first-order chi connectivity index (χ1) is 10.6. The van der Waals surface area contributed by atoms with Gasteiger partial charge in [0.15, 0.2) is 0 Å². The number of rotatable bonds is 7. The summed E-state index contributed by atoms with van der Waals surface area (Å²) >= 11 is 0. The molecule has 2 rings (SSSR count). The van der Waals surface area contributed by atoms with Crippen molar-refractivity contribution < 1.29 is 18.3 Å². The lowest BCUT2D eigenvalue weighted by Crippen LogP contribution is -2.40. The molecule has 1 aromatic rings. The average molecular weight is 327 g/mol. The van der Waals surface area contributed by atoms with Gasteiger partial charge >= 0.3 is 0 Å². The second-order valence-corrected chi connectivity index (χ2v) is 7.67. The predicted molar refractivity (Wildman–Crippen MR) is 85.4 cm³/mol. The molecule has 0 aliphatic carbocycles. The largest absolute Gasteiger partial charge is 0.494 e. The molecule has 1 unspecified atom stereocenters. The second-order valence-electron chi connectivity index (χ2n) is 5.73. The van der Waals surface area contributed by atoms with Crippen LogP contribution in [0.1, 0.15) is 32.6 Å². The lowest BCUT2D eigenvalue weighted by atomic mass is 10.0. The summed E-state index contributed by atoms with van der Waals surface area (Å²) in [5.74, 6) is 0.736. The molecule has 5 nitrogen and oxygen atoms in total. The third-order valence-electron chi connectivity index (χ3n) is 3.97. The highest BCUT2D eigenvalue weighted by Crippen LogP contribution is 2.25.